The molecule has 2 amide bonds. The fourth-order valence-corrected chi connectivity index (χ4v) is 3.70. The number of hydrogen-bond donors (Lipinski definition) is 0. The molecular formula is C23H27FN2O3. The first-order valence-electron chi connectivity index (χ1n) is 9.82. The van der Waals surface area contributed by atoms with E-state index in [-0.39, 0.29) is 17.6 Å². The van der Waals surface area contributed by atoms with Crippen LogP contribution in [0.15, 0.2) is 42.5 Å². The molecule has 0 N–H and O–H groups in total. The van der Waals surface area contributed by atoms with Crippen molar-refractivity contribution in [1.82, 2.24) is 9.80 Å². The maximum atomic E-state index is 13.9. The number of rotatable bonds is 5. The lowest BCUT2D eigenvalue weighted by Gasteiger charge is -2.32. The second kappa shape index (κ2) is 9.07. The van der Waals surface area contributed by atoms with E-state index < -0.39 is 5.82 Å². The van der Waals surface area contributed by atoms with Crippen LogP contribution in [0, 0.1) is 11.7 Å². The monoisotopic (exact) mass is 398 g/mol. The fraction of sp³-hybridized carbons (Fsp3) is 0.391. The number of likely N-dealkylation sites (tertiary alicyclic amines) is 1. The number of methoxy groups -OCH3 is 1. The average molecular weight is 398 g/mol. The normalized spacial score (nSPS) is 14.6. The van der Waals surface area contributed by atoms with Crippen LogP contribution < -0.4 is 4.74 Å². The first-order valence-corrected chi connectivity index (χ1v) is 9.82. The van der Waals surface area contributed by atoms with E-state index in [0.717, 1.165) is 19.3 Å². The minimum Gasteiger partial charge on any atom is -0.494 e. The molecule has 0 bridgehead atoms. The van der Waals surface area contributed by atoms with Gasteiger partial charge in [-0.3, -0.25) is 9.59 Å². The Morgan fingerprint density at radius 1 is 1.07 bits per heavy atom. The number of nitrogens with zero attached hydrogens (tertiary/aromatic N) is 2. The highest BCUT2D eigenvalue weighted by Crippen LogP contribution is 2.24. The van der Waals surface area contributed by atoms with Crippen molar-refractivity contribution in [2.24, 2.45) is 5.92 Å². The van der Waals surface area contributed by atoms with E-state index in [1.54, 1.807) is 30.0 Å². The van der Waals surface area contributed by atoms with Crippen molar-refractivity contribution < 1.29 is 18.7 Å². The van der Waals surface area contributed by atoms with Gasteiger partial charge in [-0.1, -0.05) is 12.1 Å². The molecule has 154 valence electrons. The summed E-state index contributed by atoms with van der Waals surface area (Å²) in [7, 11) is 4.88. The molecule has 1 aliphatic heterocycles. The van der Waals surface area contributed by atoms with Crippen molar-refractivity contribution in [3.63, 3.8) is 0 Å². The van der Waals surface area contributed by atoms with Gasteiger partial charge in [0.25, 0.3) is 11.8 Å². The van der Waals surface area contributed by atoms with Gasteiger partial charge in [0.15, 0.2) is 11.6 Å². The maximum absolute atomic E-state index is 13.9. The quantitative estimate of drug-likeness (QED) is 0.773. The van der Waals surface area contributed by atoms with Gasteiger partial charge in [-0.05, 0) is 61.1 Å². The standard InChI is InChI=1S/C23H27FN2O3/c1-25(2)22(27)18-6-4-16(5-7-18)14-17-10-12-26(13-11-17)23(28)19-8-9-21(29-3)20(24)15-19/h4-9,15,17H,10-14H2,1-3H3. The second-order valence-electron chi connectivity index (χ2n) is 7.69. The largest absolute Gasteiger partial charge is 0.494 e. The highest BCUT2D eigenvalue weighted by atomic mass is 19.1. The summed E-state index contributed by atoms with van der Waals surface area (Å²) in [5, 5.41) is 0. The number of carbonyl (C=O) groups is 2. The molecular weight excluding hydrogens is 371 g/mol. The van der Waals surface area contributed by atoms with E-state index in [9.17, 15) is 14.0 Å². The Bertz CT molecular complexity index is 872. The summed E-state index contributed by atoms with van der Waals surface area (Å²) in [6, 6.07) is 12.1. The van der Waals surface area contributed by atoms with E-state index in [1.165, 1.54) is 24.8 Å². The minimum atomic E-state index is -0.524. The van der Waals surface area contributed by atoms with Crippen LogP contribution in [0.2, 0.25) is 0 Å². The third kappa shape index (κ3) is 4.94. The topological polar surface area (TPSA) is 49.9 Å². The molecule has 0 atom stereocenters. The Hall–Kier alpha value is -2.89. The third-order valence-corrected chi connectivity index (χ3v) is 5.43. The Morgan fingerprint density at radius 3 is 2.24 bits per heavy atom. The van der Waals surface area contributed by atoms with E-state index >= 15 is 0 Å². The number of ether oxygens (including phenoxy) is 1. The second-order valence-corrected chi connectivity index (χ2v) is 7.69. The van der Waals surface area contributed by atoms with Gasteiger partial charge in [0, 0.05) is 38.3 Å². The Kier molecular flexibility index (Phi) is 6.52. The molecule has 0 radical (unpaired) electrons. The zero-order chi connectivity index (χ0) is 21.0. The molecule has 0 spiro atoms. The van der Waals surface area contributed by atoms with Crippen LogP contribution in [0.1, 0.15) is 39.1 Å². The molecule has 2 aromatic carbocycles. The molecule has 0 saturated carbocycles. The average Bonchev–Trinajstić information content (AvgIpc) is 2.73. The van der Waals surface area contributed by atoms with Gasteiger partial charge in [-0.25, -0.2) is 4.39 Å². The number of benzene rings is 2. The van der Waals surface area contributed by atoms with Crippen LogP contribution >= 0.6 is 0 Å². The minimum absolute atomic E-state index is 0.00154. The van der Waals surface area contributed by atoms with E-state index in [0.29, 0.717) is 30.1 Å². The molecule has 1 saturated heterocycles. The number of hydrogen-bond acceptors (Lipinski definition) is 3. The van der Waals surface area contributed by atoms with Crippen LogP contribution in [0.25, 0.3) is 0 Å². The summed E-state index contributed by atoms with van der Waals surface area (Å²) in [6.07, 6.45) is 2.74. The van der Waals surface area contributed by atoms with Gasteiger partial charge in [-0.15, -0.1) is 0 Å². The Morgan fingerprint density at radius 2 is 1.69 bits per heavy atom. The lowest BCUT2D eigenvalue weighted by Crippen LogP contribution is -2.39. The molecule has 3 rings (SSSR count). The molecule has 1 heterocycles. The molecule has 2 aromatic rings. The van der Waals surface area contributed by atoms with Gasteiger partial charge in [0.05, 0.1) is 7.11 Å². The smallest absolute Gasteiger partial charge is 0.253 e. The summed E-state index contributed by atoms with van der Waals surface area (Å²) >= 11 is 0. The van der Waals surface area contributed by atoms with Gasteiger partial charge < -0.3 is 14.5 Å². The molecule has 6 heteroatoms. The van der Waals surface area contributed by atoms with Crippen LogP contribution in [-0.2, 0) is 6.42 Å². The van der Waals surface area contributed by atoms with Crippen molar-refractivity contribution in [3.05, 3.63) is 65.0 Å². The van der Waals surface area contributed by atoms with Crippen LogP contribution in [0.5, 0.6) is 5.75 Å². The van der Waals surface area contributed by atoms with Gasteiger partial charge in [0.2, 0.25) is 0 Å². The van der Waals surface area contributed by atoms with Crippen molar-refractivity contribution in [2.75, 3.05) is 34.3 Å². The molecule has 0 unspecified atom stereocenters. The first-order chi connectivity index (χ1) is 13.9. The van der Waals surface area contributed by atoms with Crippen molar-refractivity contribution in [1.29, 1.82) is 0 Å². The zero-order valence-electron chi connectivity index (χ0n) is 17.2. The lowest BCUT2D eigenvalue weighted by atomic mass is 9.89. The SMILES string of the molecule is COc1ccc(C(=O)N2CCC(Cc3ccc(C(=O)N(C)C)cc3)CC2)cc1F. The summed E-state index contributed by atoms with van der Waals surface area (Å²) in [6.45, 7) is 1.32. The number of piperidine rings is 1. The van der Waals surface area contributed by atoms with Crippen molar-refractivity contribution in [3.8, 4) is 5.75 Å². The molecule has 0 aromatic heterocycles. The summed E-state index contributed by atoms with van der Waals surface area (Å²) in [5.41, 5.74) is 2.23. The number of carbonyl (C=O) groups excluding carboxylic acids is 2. The van der Waals surface area contributed by atoms with Crippen LogP contribution in [0.3, 0.4) is 0 Å². The van der Waals surface area contributed by atoms with Crippen molar-refractivity contribution >= 4 is 11.8 Å². The van der Waals surface area contributed by atoms with Crippen LogP contribution in [0.4, 0.5) is 4.39 Å². The molecule has 1 aliphatic rings. The van der Waals surface area contributed by atoms with Gasteiger partial charge in [-0.2, -0.15) is 0 Å². The fourth-order valence-electron chi connectivity index (χ4n) is 3.70. The van der Waals surface area contributed by atoms with E-state index in [2.05, 4.69) is 0 Å². The summed E-state index contributed by atoms with van der Waals surface area (Å²) in [4.78, 5) is 28.0. The zero-order valence-corrected chi connectivity index (χ0v) is 17.2. The van der Waals surface area contributed by atoms with Gasteiger partial charge >= 0.3 is 0 Å². The van der Waals surface area contributed by atoms with E-state index in [1.807, 2.05) is 24.3 Å². The number of halogens is 1. The first kappa shape index (κ1) is 20.8. The van der Waals surface area contributed by atoms with Crippen LogP contribution in [-0.4, -0.2) is 55.9 Å². The third-order valence-electron chi connectivity index (χ3n) is 5.43. The van der Waals surface area contributed by atoms with Crippen molar-refractivity contribution in [2.45, 2.75) is 19.3 Å². The molecule has 1 fully saturated rings. The Labute approximate surface area is 171 Å². The highest BCUT2D eigenvalue weighted by molar-refractivity contribution is 5.94. The summed E-state index contributed by atoms with van der Waals surface area (Å²) in [5.74, 6) is -0.0417. The predicted octanol–water partition coefficient (Wildman–Crippen LogP) is 3.63. The Balaban J connectivity index is 1.54. The predicted molar refractivity (Wildman–Crippen MR) is 110 cm³/mol. The number of amides is 2. The van der Waals surface area contributed by atoms with Gasteiger partial charge in [0.1, 0.15) is 0 Å². The summed E-state index contributed by atoms with van der Waals surface area (Å²) < 4.78 is 18.8. The van der Waals surface area contributed by atoms with E-state index in [4.69, 9.17) is 4.74 Å². The lowest BCUT2D eigenvalue weighted by molar-refractivity contribution is 0.0689. The molecule has 29 heavy (non-hydrogen) atoms. The highest BCUT2D eigenvalue weighted by Gasteiger charge is 2.24. The molecule has 0 aliphatic carbocycles. The molecule has 5 nitrogen and oxygen atoms in total. The maximum Gasteiger partial charge on any atom is 0.253 e.